The highest BCUT2D eigenvalue weighted by molar-refractivity contribution is 7.15. The van der Waals surface area contributed by atoms with Crippen LogP contribution in [0, 0.1) is 0 Å². The third-order valence-corrected chi connectivity index (χ3v) is 5.20. The van der Waals surface area contributed by atoms with Crippen molar-refractivity contribution < 1.29 is 14.6 Å². The summed E-state index contributed by atoms with van der Waals surface area (Å²) in [6, 6.07) is 0. The van der Waals surface area contributed by atoms with Gasteiger partial charge in [0.15, 0.2) is 5.13 Å². The first kappa shape index (κ1) is 15.9. The van der Waals surface area contributed by atoms with Crippen molar-refractivity contribution in [2.24, 2.45) is 7.05 Å². The summed E-state index contributed by atoms with van der Waals surface area (Å²) in [5, 5.41) is 18.0. The van der Waals surface area contributed by atoms with E-state index in [9.17, 15) is 9.90 Å². The van der Waals surface area contributed by atoms with Crippen LogP contribution in [0.1, 0.15) is 47.3 Å². The summed E-state index contributed by atoms with van der Waals surface area (Å²) in [5.74, 6) is -0.0563. The van der Waals surface area contributed by atoms with E-state index in [4.69, 9.17) is 4.74 Å². The topological polar surface area (TPSA) is 89.3 Å². The Labute approximate surface area is 138 Å². The van der Waals surface area contributed by atoms with Crippen molar-refractivity contribution >= 4 is 22.4 Å². The SMILES string of the molecule is COc1nn(C)cc1C(=O)Nc1ncc(C2(O)CCCCC2)s1. The first-order valence-corrected chi connectivity index (χ1v) is 8.41. The fourth-order valence-electron chi connectivity index (χ4n) is 2.87. The van der Waals surface area contributed by atoms with Gasteiger partial charge >= 0.3 is 0 Å². The van der Waals surface area contributed by atoms with Gasteiger partial charge in [0.25, 0.3) is 5.91 Å². The van der Waals surface area contributed by atoms with Gasteiger partial charge in [0.05, 0.1) is 12.0 Å². The van der Waals surface area contributed by atoms with Gasteiger partial charge in [-0.25, -0.2) is 4.98 Å². The lowest BCUT2D eigenvalue weighted by atomic mass is 9.84. The van der Waals surface area contributed by atoms with E-state index < -0.39 is 5.60 Å². The normalized spacial score (nSPS) is 17.0. The minimum absolute atomic E-state index is 0.271. The predicted octanol–water partition coefficient (Wildman–Crippen LogP) is 2.29. The van der Waals surface area contributed by atoms with Gasteiger partial charge < -0.3 is 9.84 Å². The van der Waals surface area contributed by atoms with Crippen molar-refractivity contribution in [3.63, 3.8) is 0 Å². The molecule has 0 spiro atoms. The number of hydrogen-bond donors (Lipinski definition) is 2. The summed E-state index contributed by atoms with van der Waals surface area (Å²) >= 11 is 1.32. The molecule has 2 aromatic rings. The van der Waals surface area contributed by atoms with Crippen LogP contribution < -0.4 is 10.1 Å². The molecular weight excluding hydrogens is 316 g/mol. The molecule has 1 saturated carbocycles. The van der Waals surface area contributed by atoms with Crippen LogP contribution in [0.5, 0.6) is 5.88 Å². The van der Waals surface area contributed by atoms with Gasteiger partial charge in [-0.05, 0) is 12.8 Å². The van der Waals surface area contributed by atoms with Crippen LogP contribution in [0.25, 0.3) is 0 Å². The number of aryl methyl sites for hydroxylation is 1. The molecule has 1 amide bonds. The minimum atomic E-state index is -0.801. The number of anilines is 1. The van der Waals surface area contributed by atoms with Gasteiger partial charge in [0, 0.05) is 19.4 Å². The average Bonchev–Trinajstić information content (AvgIpc) is 3.14. The number of methoxy groups -OCH3 is 1. The third-order valence-electron chi connectivity index (χ3n) is 4.10. The second-order valence-corrected chi connectivity index (χ2v) is 6.83. The van der Waals surface area contributed by atoms with Crippen LogP contribution in [0.3, 0.4) is 0 Å². The number of aromatic nitrogens is 3. The monoisotopic (exact) mass is 336 g/mol. The summed E-state index contributed by atoms with van der Waals surface area (Å²) < 4.78 is 6.61. The highest BCUT2D eigenvalue weighted by Crippen LogP contribution is 2.40. The number of carbonyl (C=O) groups is 1. The van der Waals surface area contributed by atoms with E-state index in [1.165, 1.54) is 23.1 Å². The van der Waals surface area contributed by atoms with E-state index in [0.717, 1.165) is 37.0 Å². The van der Waals surface area contributed by atoms with E-state index in [0.29, 0.717) is 10.7 Å². The van der Waals surface area contributed by atoms with Crippen molar-refractivity contribution in [3.8, 4) is 5.88 Å². The minimum Gasteiger partial charge on any atom is -0.479 e. The van der Waals surface area contributed by atoms with Crippen molar-refractivity contribution in [1.29, 1.82) is 0 Å². The summed E-state index contributed by atoms with van der Waals surface area (Å²) in [5.41, 5.74) is -0.451. The van der Waals surface area contributed by atoms with Gasteiger partial charge in [0.1, 0.15) is 11.2 Å². The Bertz CT molecular complexity index is 703. The number of carbonyl (C=O) groups excluding carboxylic acids is 1. The molecule has 0 atom stereocenters. The molecular formula is C15H20N4O3S. The molecule has 0 unspecified atom stereocenters. The summed E-state index contributed by atoms with van der Waals surface area (Å²) in [6.07, 6.45) is 7.94. The second kappa shape index (κ2) is 6.29. The molecule has 7 nitrogen and oxygen atoms in total. The van der Waals surface area contributed by atoms with Gasteiger partial charge in [-0.2, -0.15) is 0 Å². The van der Waals surface area contributed by atoms with E-state index in [1.54, 1.807) is 19.4 Å². The van der Waals surface area contributed by atoms with Crippen LogP contribution in [0.2, 0.25) is 0 Å². The molecule has 8 heteroatoms. The van der Waals surface area contributed by atoms with Crippen molar-refractivity contribution in [2.45, 2.75) is 37.7 Å². The number of aliphatic hydroxyl groups is 1. The Morgan fingerprint density at radius 3 is 2.87 bits per heavy atom. The van der Waals surface area contributed by atoms with Crippen LogP contribution in [0.4, 0.5) is 5.13 Å². The van der Waals surface area contributed by atoms with E-state index in [2.05, 4.69) is 15.4 Å². The summed E-state index contributed by atoms with van der Waals surface area (Å²) in [4.78, 5) is 17.4. The number of ether oxygens (including phenoxy) is 1. The summed E-state index contributed by atoms with van der Waals surface area (Å²) in [7, 11) is 3.19. The van der Waals surface area contributed by atoms with Crippen LogP contribution in [-0.4, -0.2) is 32.9 Å². The number of thiazole rings is 1. The van der Waals surface area contributed by atoms with Crippen molar-refractivity contribution in [1.82, 2.24) is 14.8 Å². The highest BCUT2D eigenvalue weighted by atomic mass is 32.1. The molecule has 0 aliphatic heterocycles. The number of rotatable bonds is 4. The van der Waals surface area contributed by atoms with Gasteiger partial charge in [-0.3, -0.25) is 14.8 Å². The Kier molecular flexibility index (Phi) is 4.36. The molecule has 0 radical (unpaired) electrons. The second-order valence-electron chi connectivity index (χ2n) is 5.80. The Morgan fingerprint density at radius 2 is 2.17 bits per heavy atom. The lowest BCUT2D eigenvalue weighted by Crippen LogP contribution is -2.27. The third kappa shape index (κ3) is 3.23. The zero-order valence-corrected chi connectivity index (χ0v) is 14.0. The molecule has 1 aliphatic rings. The molecule has 0 bridgehead atoms. The van der Waals surface area contributed by atoms with Crippen LogP contribution in [-0.2, 0) is 12.6 Å². The summed E-state index contributed by atoms with van der Waals surface area (Å²) in [6.45, 7) is 0. The smallest absolute Gasteiger partial charge is 0.264 e. The molecule has 0 aromatic carbocycles. The van der Waals surface area contributed by atoms with Crippen molar-refractivity contribution in [2.75, 3.05) is 12.4 Å². The maximum Gasteiger partial charge on any atom is 0.264 e. The molecule has 2 N–H and O–H groups in total. The fourth-order valence-corrected chi connectivity index (χ4v) is 3.83. The quantitative estimate of drug-likeness (QED) is 0.894. The first-order chi connectivity index (χ1) is 11.0. The van der Waals surface area contributed by atoms with Crippen molar-refractivity contribution in [3.05, 3.63) is 22.8 Å². The van der Waals surface area contributed by atoms with Gasteiger partial charge in [-0.15, -0.1) is 5.10 Å². The maximum atomic E-state index is 12.3. The highest BCUT2D eigenvalue weighted by Gasteiger charge is 2.33. The molecule has 0 saturated heterocycles. The van der Waals surface area contributed by atoms with E-state index in [-0.39, 0.29) is 11.8 Å². The zero-order valence-electron chi connectivity index (χ0n) is 13.2. The first-order valence-electron chi connectivity index (χ1n) is 7.59. The molecule has 3 rings (SSSR count). The lowest BCUT2D eigenvalue weighted by Gasteiger charge is -2.30. The average molecular weight is 336 g/mol. The fraction of sp³-hybridized carbons (Fsp3) is 0.533. The maximum absolute atomic E-state index is 12.3. The largest absolute Gasteiger partial charge is 0.479 e. The Balaban J connectivity index is 1.75. The van der Waals surface area contributed by atoms with E-state index in [1.807, 2.05) is 0 Å². The molecule has 2 aromatic heterocycles. The number of amides is 1. The molecule has 2 heterocycles. The lowest BCUT2D eigenvalue weighted by molar-refractivity contribution is 0.00264. The number of nitrogens with zero attached hydrogens (tertiary/aromatic N) is 3. The molecule has 124 valence electrons. The standard InChI is InChI=1S/C15H20N4O3S/c1-19-9-10(13(18-19)22-2)12(20)17-14-16-8-11(23-14)15(21)6-4-3-5-7-15/h8-9,21H,3-7H2,1-2H3,(H,16,17,20). The predicted molar refractivity (Wildman–Crippen MR) is 86.8 cm³/mol. The van der Waals surface area contributed by atoms with Crippen LogP contribution in [0.15, 0.2) is 12.4 Å². The van der Waals surface area contributed by atoms with Gasteiger partial charge in [0.2, 0.25) is 5.88 Å². The Morgan fingerprint density at radius 1 is 1.43 bits per heavy atom. The van der Waals surface area contributed by atoms with E-state index >= 15 is 0 Å². The molecule has 1 fully saturated rings. The molecule has 23 heavy (non-hydrogen) atoms. The number of hydrogen-bond acceptors (Lipinski definition) is 6. The molecule has 1 aliphatic carbocycles. The number of nitrogens with one attached hydrogen (secondary N) is 1. The van der Waals surface area contributed by atoms with Gasteiger partial charge in [-0.1, -0.05) is 30.6 Å². The Hall–Kier alpha value is -1.93. The zero-order chi connectivity index (χ0) is 16.4. The van der Waals surface area contributed by atoms with Crippen LogP contribution >= 0.6 is 11.3 Å².